The lowest BCUT2D eigenvalue weighted by molar-refractivity contribution is 0.418. The Morgan fingerprint density at radius 3 is 2.60 bits per heavy atom. The first-order valence-corrected chi connectivity index (χ1v) is 5.33. The van der Waals surface area contributed by atoms with Gasteiger partial charge in [-0.3, -0.25) is 0 Å². The summed E-state index contributed by atoms with van der Waals surface area (Å²) >= 11 is 0. The normalized spacial score (nSPS) is 13.7. The minimum Gasteiger partial charge on any atom is -0.459 e. The number of furan rings is 1. The summed E-state index contributed by atoms with van der Waals surface area (Å²) in [6.45, 7) is 6.26. The van der Waals surface area contributed by atoms with Gasteiger partial charge in [0.25, 0.3) is 0 Å². The molecule has 2 aromatic rings. The van der Waals surface area contributed by atoms with Crippen LogP contribution in [0.4, 0.5) is 0 Å². The lowest BCUT2D eigenvalue weighted by Gasteiger charge is -2.11. The second kappa shape index (κ2) is 3.70. The third-order valence-corrected chi connectivity index (χ3v) is 2.74. The molecule has 0 radical (unpaired) electrons. The molecule has 1 aromatic heterocycles. The molecule has 1 aromatic carbocycles. The lowest BCUT2D eigenvalue weighted by Crippen LogP contribution is -2.15. The molecule has 80 valence electrons. The van der Waals surface area contributed by atoms with Crippen molar-refractivity contribution in [3.8, 4) is 0 Å². The van der Waals surface area contributed by atoms with Gasteiger partial charge < -0.3 is 10.2 Å². The predicted octanol–water partition coefficient (Wildman–Crippen LogP) is 3.40. The van der Waals surface area contributed by atoms with Crippen molar-refractivity contribution in [1.29, 1.82) is 0 Å². The highest BCUT2D eigenvalue weighted by atomic mass is 16.3. The summed E-state index contributed by atoms with van der Waals surface area (Å²) in [6.07, 6.45) is 0. The van der Waals surface area contributed by atoms with Crippen molar-refractivity contribution >= 4 is 11.0 Å². The van der Waals surface area contributed by atoms with Crippen molar-refractivity contribution < 1.29 is 4.42 Å². The van der Waals surface area contributed by atoms with Crippen molar-refractivity contribution in [2.75, 3.05) is 0 Å². The number of rotatable bonds is 2. The molecule has 2 N–H and O–H groups in total. The van der Waals surface area contributed by atoms with E-state index in [1.807, 2.05) is 12.1 Å². The highest BCUT2D eigenvalue weighted by Gasteiger charge is 2.15. The zero-order valence-corrected chi connectivity index (χ0v) is 9.45. The van der Waals surface area contributed by atoms with E-state index in [1.54, 1.807) is 0 Å². The van der Waals surface area contributed by atoms with Gasteiger partial charge in [-0.05, 0) is 30.5 Å². The zero-order valence-electron chi connectivity index (χ0n) is 9.45. The molecule has 15 heavy (non-hydrogen) atoms. The maximum atomic E-state index is 6.05. The molecule has 2 rings (SSSR count). The standard InChI is InChI=1S/C13H17NO/c1-8(2)13(14)12-7-10-5-4-9(3)6-11(10)15-12/h4-8,13H,14H2,1-3H3/t13-/m1/s1. The van der Waals surface area contributed by atoms with E-state index in [1.165, 1.54) is 5.56 Å². The first-order chi connectivity index (χ1) is 7.08. The first-order valence-electron chi connectivity index (χ1n) is 5.33. The van der Waals surface area contributed by atoms with Gasteiger partial charge in [0.1, 0.15) is 11.3 Å². The van der Waals surface area contributed by atoms with E-state index >= 15 is 0 Å². The van der Waals surface area contributed by atoms with Crippen LogP contribution in [-0.4, -0.2) is 0 Å². The average molecular weight is 203 g/mol. The largest absolute Gasteiger partial charge is 0.459 e. The molecule has 0 aliphatic heterocycles. The molecule has 0 fully saturated rings. The highest BCUT2D eigenvalue weighted by Crippen LogP contribution is 2.26. The average Bonchev–Trinajstić information content (AvgIpc) is 2.58. The second-order valence-corrected chi connectivity index (χ2v) is 4.46. The van der Waals surface area contributed by atoms with Gasteiger partial charge in [-0.2, -0.15) is 0 Å². The monoisotopic (exact) mass is 203 g/mol. The molecule has 2 heteroatoms. The van der Waals surface area contributed by atoms with Crippen LogP contribution >= 0.6 is 0 Å². The third kappa shape index (κ3) is 1.90. The molecule has 0 saturated carbocycles. The Hall–Kier alpha value is -1.28. The molecular weight excluding hydrogens is 186 g/mol. The number of hydrogen-bond donors (Lipinski definition) is 1. The van der Waals surface area contributed by atoms with Crippen LogP contribution in [0, 0.1) is 12.8 Å². The number of benzene rings is 1. The van der Waals surface area contributed by atoms with Crippen molar-refractivity contribution in [2.24, 2.45) is 11.7 Å². The summed E-state index contributed by atoms with van der Waals surface area (Å²) in [5.41, 5.74) is 8.19. The van der Waals surface area contributed by atoms with E-state index in [0.717, 1.165) is 16.7 Å². The van der Waals surface area contributed by atoms with Crippen LogP contribution in [0.15, 0.2) is 28.7 Å². The molecule has 0 amide bonds. The Morgan fingerprint density at radius 1 is 1.20 bits per heavy atom. The van der Waals surface area contributed by atoms with Crippen LogP contribution in [0.2, 0.25) is 0 Å². The molecule has 0 aliphatic rings. The van der Waals surface area contributed by atoms with Crippen LogP contribution < -0.4 is 5.73 Å². The Bertz CT molecular complexity index is 470. The molecule has 0 bridgehead atoms. The molecule has 2 nitrogen and oxygen atoms in total. The summed E-state index contributed by atoms with van der Waals surface area (Å²) in [5, 5.41) is 1.13. The smallest absolute Gasteiger partial charge is 0.134 e. The Labute approximate surface area is 90.1 Å². The van der Waals surface area contributed by atoms with Crippen LogP contribution in [0.25, 0.3) is 11.0 Å². The van der Waals surface area contributed by atoms with Crippen LogP contribution in [0.3, 0.4) is 0 Å². The molecule has 0 spiro atoms. The first kappa shape index (κ1) is 10.2. The molecule has 0 aliphatic carbocycles. The van der Waals surface area contributed by atoms with Gasteiger partial charge in [0, 0.05) is 5.39 Å². The van der Waals surface area contributed by atoms with Crippen molar-refractivity contribution in [1.82, 2.24) is 0 Å². The molecule has 0 saturated heterocycles. The van der Waals surface area contributed by atoms with Crippen molar-refractivity contribution in [3.05, 3.63) is 35.6 Å². The molecular formula is C13H17NO. The van der Waals surface area contributed by atoms with E-state index in [0.29, 0.717) is 5.92 Å². The van der Waals surface area contributed by atoms with E-state index in [9.17, 15) is 0 Å². The van der Waals surface area contributed by atoms with Crippen LogP contribution in [0.1, 0.15) is 31.2 Å². The van der Waals surface area contributed by atoms with Gasteiger partial charge in [-0.25, -0.2) is 0 Å². The lowest BCUT2D eigenvalue weighted by atomic mass is 10.0. The van der Waals surface area contributed by atoms with Gasteiger partial charge in [0.15, 0.2) is 0 Å². The Kier molecular flexibility index (Phi) is 2.53. The minimum atomic E-state index is -0.0160. The number of aryl methyl sites for hydroxylation is 1. The van der Waals surface area contributed by atoms with E-state index in [2.05, 4.69) is 32.9 Å². The summed E-state index contributed by atoms with van der Waals surface area (Å²) in [5.74, 6) is 1.28. The quantitative estimate of drug-likeness (QED) is 0.812. The maximum absolute atomic E-state index is 6.05. The topological polar surface area (TPSA) is 39.2 Å². The van der Waals surface area contributed by atoms with Gasteiger partial charge >= 0.3 is 0 Å². The van der Waals surface area contributed by atoms with Gasteiger partial charge in [0.2, 0.25) is 0 Å². The fourth-order valence-electron chi connectivity index (χ4n) is 1.65. The van der Waals surface area contributed by atoms with E-state index in [4.69, 9.17) is 10.2 Å². The maximum Gasteiger partial charge on any atom is 0.134 e. The van der Waals surface area contributed by atoms with E-state index < -0.39 is 0 Å². The van der Waals surface area contributed by atoms with Crippen LogP contribution in [0.5, 0.6) is 0 Å². The van der Waals surface area contributed by atoms with Gasteiger partial charge in [0.05, 0.1) is 6.04 Å². The summed E-state index contributed by atoms with van der Waals surface area (Å²) in [7, 11) is 0. The SMILES string of the molecule is Cc1ccc2cc([C@H](N)C(C)C)oc2c1. The fraction of sp³-hybridized carbons (Fsp3) is 0.385. The molecule has 1 atom stereocenters. The molecule has 1 heterocycles. The summed E-state index contributed by atoms with van der Waals surface area (Å²) in [6, 6.07) is 8.23. The van der Waals surface area contributed by atoms with E-state index in [-0.39, 0.29) is 6.04 Å². The van der Waals surface area contributed by atoms with Crippen molar-refractivity contribution in [2.45, 2.75) is 26.8 Å². The van der Waals surface area contributed by atoms with Gasteiger partial charge in [-0.15, -0.1) is 0 Å². The number of hydrogen-bond acceptors (Lipinski definition) is 2. The molecule has 0 unspecified atom stereocenters. The Balaban J connectivity index is 2.47. The summed E-state index contributed by atoms with van der Waals surface area (Å²) in [4.78, 5) is 0. The second-order valence-electron chi connectivity index (χ2n) is 4.46. The highest BCUT2D eigenvalue weighted by molar-refractivity contribution is 5.78. The predicted molar refractivity (Wildman–Crippen MR) is 62.7 cm³/mol. The van der Waals surface area contributed by atoms with Crippen molar-refractivity contribution in [3.63, 3.8) is 0 Å². The third-order valence-electron chi connectivity index (χ3n) is 2.74. The van der Waals surface area contributed by atoms with Crippen LogP contribution in [-0.2, 0) is 0 Å². The zero-order chi connectivity index (χ0) is 11.0. The number of nitrogens with two attached hydrogens (primary N) is 1. The Morgan fingerprint density at radius 2 is 1.93 bits per heavy atom. The summed E-state index contributed by atoms with van der Waals surface area (Å²) < 4.78 is 5.75. The van der Waals surface area contributed by atoms with Gasteiger partial charge in [-0.1, -0.05) is 26.0 Å². The fourth-order valence-corrected chi connectivity index (χ4v) is 1.65. The minimum absolute atomic E-state index is 0.0160. The number of fused-ring (bicyclic) bond motifs is 1.